The SMILES string of the molecule is CCS/C(C)=C/c1cn(-c2ccccc2)nn1. The number of benzene rings is 1. The summed E-state index contributed by atoms with van der Waals surface area (Å²) < 4.78 is 1.79. The predicted molar refractivity (Wildman–Crippen MR) is 73.1 cm³/mol. The fourth-order valence-corrected chi connectivity index (χ4v) is 2.19. The Balaban J connectivity index is 2.19. The lowest BCUT2D eigenvalue weighted by atomic mass is 10.3. The minimum atomic E-state index is 0.896. The van der Waals surface area contributed by atoms with Gasteiger partial charge in [0.15, 0.2) is 0 Å². The maximum absolute atomic E-state index is 4.14. The number of hydrogen-bond acceptors (Lipinski definition) is 3. The Kier molecular flexibility index (Phi) is 3.98. The molecule has 0 spiro atoms. The molecule has 0 bridgehead atoms. The van der Waals surface area contributed by atoms with Crippen molar-refractivity contribution in [1.82, 2.24) is 15.0 Å². The predicted octanol–water partition coefficient (Wildman–Crippen LogP) is 3.38. The molecule has 1 aromatic carbocycles. The van der Waals surface area contributed by atoms with E-state index in [4.69, 9.17) is 0 Å². The molecule has 0 saturated carbocycles. The highest BCUT2D eigenvalue weighted by atomic mass is 32.2. The number of thioether (sulfide) groups is 1. The van der Waals surface area contributed by atoms with Crippen LogP contribution in [0.1, 0.15) is 19.5 Å². The number of para-hydroxylation sites is 1. The highest BCUT2D eigenvalue weighted by Crippen LogP contribution is 2.17. The zero-order valence-corrected chi connectivity index (χ0v) is 10.8. The van der Waals surface area contributed by atoms with E-state index in [9.17, 15) is 0 Å². The fraction of sp³-hybridized carbons (Fsp3) is 0.231. The van der Waals surface area contributed by atoms with Gasteiger partial charge in [0.2, 0.25) is 0 Å². The summed E-state index contributed by atoms with van der Waals surface area (Å²) in [4.78, 5) is 1.26. The minimum absolute atomic E-state index is 0.896. The first-order chi connectivity index (χ1) is 8.29. The van der Waals surface area contributed by atoms with Gasteiger partial charge in [-0.1, -0.05) is 30.3 Å². The molecule has 17 heavy (non-hydrogen) atoms. The highest BCUT2D eigenvalue weighted by molar-refractivity contribution is 8.03. The van der Waals surface area contributed by atoms with Crippen molar-refractivity contribution >= 4 is 17.8 Å². The van der Waals surface area contributed by atoms with Crippen LogP contribution in [0.2, 0.25) is 0 Å². The van der Waals surface area contributed by atoms with E-state index in [-0.39, 0.29) is 0 Å². The summed E-state index contributed by atoms with van der Waals surface area (Å²) in [5.74, 6) is 1.08. The largest absolute Gasteiger partial charge is 0.220 e. The standard InChI is InChI=1S/C13H15N3S/c1-3-17-11(2)9-12-10-16(15-14-12)13-7-5-4-6-8-13/h4-10H,3H2,1-2H3/b11-9+. The van der Waals surface area contributed by atoms with Gasteiger partial charge in [0, 0.05) is 0 Å². The molecule has 0 N–H and O–H groups in total. The monoisotopic (exact) mass is 245 g/mol. The third-order valence-corrected chi connectivity index (χ3v) is 3.12. The lowest BCUT2D eigenvalue weighted by molar-refractivity contribution is 0.802. The van der Waals surface area contributed by atoms with E-state index in [2.05, 4.69) is 30.2 Å². The van der Waals surface area contributed by atoms with Crippen LogP contribution in [0.4, 0.5) is 0 Å². The third kappa shape index (κ3) is 3.20. The van der Waals surface area contributed by atoms with Gasteiger partial charge in [-0.15, -0.1) is 16.9 Å². The van der Waals surface area contributed by atoms with Crippen molar-refractivity contribution in [2.75, 3.05) is 5.75 Å². The lowest BCUT2D eigenvalue weighted by Gasteiger charge is -1.97. The highest BCUT2D eigenvalue weighted by Gasteiger charge is 2.00. The van der Waals surface area contributed by atoms with E-state index in [1.807, 2.05) is 48.3 Å². The van der Waals surface area contributed by atoms with Crippen molar-refractivity contribution in [3.63, 3.8) is 0 Å². The van der Waals surface area contributed by atoms with Crippen LogP contribution in [-0.4, -0.2) is 20.7 Å². The van der Waals surface area contributed by atoms with Crippen LogP contribution in [0.3, 0.4) is 0 Å². The Bertz CT molecular complexity index is 502. The Morgan fingerprint density at radius 1 is 1.35 bits per heavy atom. The van der Waals surface area contributed by atoms with Gasteiger partial charge in [0.05, 0.1) is 11.9 Å². The zero-order chi connectivity index (χ0) is 12.1. The first-order valence-electron chi connectivity index (χ1n) is 5.58. The van der Waals surface area contributed by atoms with Crippen molar-refractivity contribution < 1.29 is 0 Å². The van der Waals surface area contributed by atoms with Crippen LogP contribution in [0.25, 0.3) is 11.8 Å². The summed E-state index contributed by atoms with van der Waals surface area (Å²) in [5, 5.41) is 8.25. The summed E-state index contributed by atoms with van der Waals surface area (Å²) in [5.41, 5.74) is 1.92. The van der Waals surface area contributed by atoms with Crippen LogP contribution < -0.4 is 0 Å². The molecule has 0 atom stereocenters. The summed E-state index contributed by atoms with van der Waals surface area (Å²) >= 11 is 1.82. The Hall–Kier alpha value is -1.55. The second-order valence-corrected chi connectivity index (χ2v) is 5.12. The van der Waals surface area contributed by atoms with Crippen molar-refractivity contribution in [2.45, 2.75) is 13.8 Å². The number of nitrogens with zero attached hydrogens (tertiary/aromatic N) is 3. The van der Waals surface area contributed by atoms with Gasteiger partial charge < -0.3 is 0 Å². The molecule has 1 heterocycles. The van der Waals surface area contributed by atoms with Gasteiger partial charge in [0.25, 0.3) is 0 Å². The Morgan fingerprint density at radius 3 is 2.82 bits per heavy atom. The van der Waals surface area contributed by atoms with E-state index >= 15 is 0 Å². The maximum atomic E-state index is 4.14. The third-order valence-electron chi connectivity index (χ3n) is 2.25. The molecule has 3 nitrogen and oxygen atoms in total. The summed E-state index contributed by atoms with van der Waals surface area (Å²) in [6.45, 7) is 4.23. The van der Waals surface area contributed by atoms with Gasteiger partial charge >= 0.3 is 0 Å². The molecule has 1 aromatic heterocycles. The summed E-state index contributed by atoms with van der Waals surface area (Å²) in [7, 11) is 0. The number of hydrogen-bond donors (Lipinski definition) is 0. The van der Waals surface area contributed by atoms with Crippen molar-refractivity contribution in [3.8, 4) is 5.69 Å². The van der Waals surface area contributed by atoms with Gasteiger partial charge in [-0.25, -0.2) is 4.68 Å². The summed E-state index contributed by atoms with van der Waals surface area (Å²) in [6.07, 6.45) is 4.00. The van der Waals surface area contributed by atoms with E-state index < -0.39 is 0 Å². The van der Waals surface area contributed by atoms with Gasteiger partial charge in [-0.05, 0) is 35.8 Å². The quantitative estimate of drug-likeness (QED) is 0.827. The molecule has 0 fully saturated rings. The second-order valence-electron chi connectivity index (χ2n) is 3.61. The van der Waals surface area contributed by atoms with Crippen LogP contribution in [0, 0.1) is 0 Å². The molecule has 0 aliphatic rings. The number of allylic oxidation sites excluding steroid dienone is 1. The van der Waals surface area contributed by atoms with Gasteiger partial charge in [-0.2, -0.15) is 0 Å². The molecule has 88 valence electrons. The normalized spacial score (nSPS) is 11.8. The molecule has 0 aliphatic heterocycles. The fourth-order valence-electron chi connectivity index (χ4n) is 1.53. The molecule has 0 radical (unpaired) electrons. The topological polar surface area (TPSA) is 30.7 Å². The Labute approximate surface area is 106 Å². The summed E-state index contributed by atoms with van der Waals surface area (Å²) in [6, 6.07) is 9.99. The van der Waals surface area contributed by atoms with Crippen LogP contribution >= 0.6 is 11.8 Å². The number of aromatic nitrogens is 3. The van der Waals surface area contributed by atoms with Crippen molar-refractivity contribution in [3.05, 3.63) is 47.1 Å². The molecular formula is C13H15N3S. The lowest BCUT2D eigenvalue weighted by Crippen LogP contribution is -1.93. The zero-order valence-electron chi connectivity index (χ0n) is 10.00. The molecule has 0 unspecified atom stereocenters. The van der Waals surface area contributed by atoms with Crippen molar-refractivity contribution in [1.29, 1.82) is 0 Å². The van der Waals surface area contributed by atoms with Gasteiger partial charge in [0.1, 0.15) is 5.69 Å². The number of rotatable bonds is 4. The van der Waals surface area contributed by atoms with Gasteiger partial charge in [-0.3, -0.25) is 0 Å². The molecule has 4 heteroatoms. The van der Waals surface area contributed by atoms with E-state index in [1.54, 1.807) is 4.68 Å². The first kappa shape index (κ1) is 11.9. The molecular weight excluding hydrogens is 230 g/mol. The maximum Gasteiger partial charge on any atom is 0.107 e. The molecule has 2 aromatic rings. The molecule has 2 rings (SSSR count). The smallest absolute Gasteiger partial charge is 0.107 e. The van der Waals surface area contributed by atoms with E-state index in [1.165, 1.54) is 4.91 Å². The van der Waals surface area contributed by atoms with E-state index in [0.29, 0.717) is 0 Å². The molecule has 0 saturated heterocycles. The first-order valence-corrected chi connectivity index (χ1v) is 6.57. The van der Waals surface area contributed by atoms with E-state index in [0.717, 1.165) is 17.1 Å². The Morgan fingerprint density at radius 2 is 2.12 bits per heavy atom. The minimum Gasteiger partial charge on any atom is -0.220 e. The van der Waals surface area contributed by atoms with Crippen LogP contribution in [0.5, 0.6) is 0 Å². The van der Waals surface area contributed by atoms with Crippen LogP contribution in [0.15, 0.2) is 41.4 Å². The van der Waals surface area contributed by atoms with Crippen LogP contribution in [-0.2, 0) is 0 Å². The second kappa shape index (κ2) is 5.68. The average Bonchev–Trinajstić information content (AvgIpc) is 2.79. The van der Waals surface area contributed by atoms with Crippen molar-refractivity contribution in [2.24, 2.45) is 0 Å². The molecule has 0 amide bonds. The average molecular weight is 245 g/mol. The molecule has 0 aliphatic carbocycles.